The topological polar surface area (TPSA) is 104 Å². The van der Waals surface area contributed by atoms with E-state index in [1.165, 1.54) is 0 Å². The maximum atomic E-state index is 5.60. The van der Waals surface area contributed by atoms with Crippen LogP contribution in [0.4, 0.5) is 17.3 Å². The predicted octanol–water partition coefficient (Wildman–Crippen LogP) is 0.890. The van der Waals surface area contributed by atoms with Gasteiger partial charge in [-0.05, 0) is 0 Å². The number of benzene rings is 1. The molecular weight excluding hydrogens is 190 g/mol. The van der Waals surface area contributed by atoms with Crippen LogP contribution in [0.5, 0.6) is 0 Å². The number of nitrogens with zero attached hydrogens (tertiary/aromatic N) is 2. The second kappa shape index (κ2) is 3.45. The summed E-state index contributed by atoms with van der Waals surface area (Å²) < 4.78 is 0. The lowest BCUT2D eigenvalue weighted by atomic mass is 10.2. The molecule has 2 aromatic rings. The van der Waals surface area contributed by atoms with E-state index in [2.05, 4.69) is 9.97 Å². The van der Waals surface area contributed by atoms with Crippen molar-refractivity contribution in [2.24, 2.45) is 0 Å². The molecule has 15 heavy (non-hydrogen) atoms. The summed E-state index contributed by atoms with van der Waals surface area (Å²) in [6.45, 7) is 0. The summed E-state index contributed by atoms with van der Waals surface area (Å²) in [6, 6.07) is 9.45. The number of nitrogen functional groups attached to an aromatic ring is 3. The van der Waals surface area contributed by atoms with Crippen molar-refractivity contribution in [2.45, 2.75) is 0 Å². The molecule has 0 saturated carbocycles. The second-order valence-electron chi connectivity index (χ2n) is 3.10. The molecule has 0 spiro atoms. The van der Waals surface area contributed by atoms with Gasteiger partial charge >= 0.3 is 0 Å². The Labute approximate surface area is 86.9 Å². The van der Waals surface area contributed by atoms with Crippen molar-refractivity contribution in [1.82, 2.24) is 9.97 Å². The fourth-order valence-electron chi connectivity index (χ4n) is 1.22. The number of hydrogen-bond acceptors (Lipinski definition) is 5. The highest BCUT2D eigenvalue weighted by molar-refractivity contribution is 5.74. The quantitative estimate of drug-likeness (QED) is 0.635. The molecule has 0 atom stereocenters. The van der Waals surface area contributed by atoms with Crippen LogP contribution in [0.25, 0.3) is 11.4 Å². The zero-order chi connectivity index (χ0) is 10.8. The van der Waals surface area contributed by atoms with E-state index in [1.807, 2.05) is 30.3 Å². The normalized spacial score (nSPS) is 10.1. The Hall–Kier alpha value is -2.30. The first kappa shape index (κ1) is 9.26. The van der Waals surface area contributed by atoms with E-state index in [0.29, 0.717) is 5.82 Å². The van der Waals surface area contributed by atoms with Crippen molar-refractivity contribution >= 4 is 17.3 Å². The molecule has 76 valence electrons. The maximum absolute atomic E-state index is 5.60. The lowest BCUT2D eigenvalue weighted by Crippen LogP contribution is -2.06. The third kappa shape index (κ3) is 1.67. The number of anilines is 3. The first-order valence-corrected chi connectivity index (χ1v) is 4.42. The molecule has 0 amide bonds. The van der Waals surface area contributed by atoms with Gasteiger partial charge in [-0.15, -0.1) is 0 Å². The van der Waals surface area contributed by atoms with Gasteiger partial charge < -0.3 is 17.2 Å². The van der Waals surface area contributed by atoms with E-state index >= 15 is 0 Å². The van der Waals surface area contributed by atoms with Crippen molar-refractivity contribution in [3.05, 3.63) is 30.3 Å². The molecule has 2 rings (SSSR count). The molecule has 1 aromatic carbocycles. The Morgan fingerprint density at radius 3 is 1.87 bits per heavy atom. The third-order valence-electron chi connectivity index (χ3n) is 2.04. The van der Waals surface area contributed by atoms with Crippen LogP contribution in [-0.2, 0) is 0 Å². The van der Waals surface area contributed by atoms with Gasteiger partial charge in [0.05, 0.1) is 0 Å². The molecule has 1 heterocycles. The zero-order valence-electron chi connectivity index (χ0n) is 8.01. The highest BCUT2D eigenvalue weighted by Crippen LogP contribution is 2.23. The minimum atomic E-state index is 0.210. The van der Waals surface area contributed by atoms with Gasteiger partial charge in [-0.3, -0.25) is 0 Å². The van der Waals surface area contributed by atoms with E-state index < -0.39 is 0 Å². The molecule has 5 heteroatoms. The molecule has 0 unspecified atom stereocenters. The smallest absolute Gasteiger partial charge is 0.164 e. The minimum Gasteiger partial charge on any atom is -0.393 e. The van der Waals surface area contributed by atoms with Gasteiger partial charge in [0.1, 0.15) is 5.69 Å². The summed E-state index contributed by atoms with van der Waals surface area (Å²) in [6.07, 6.45) is 0. The highest BCUT2D eigenvalue weighted by atomic mass is 15.0. The van der Waals surface area contributed by atoms with Crippen molar-refractivity contribution in [1.29, 1.82) is 0 Å². The summed E-state index contributed by atoms with van der Waals surface area (Å²) in [5, 5.41) is 0. The average Bonchev–Trinajstić information content (AvgIpc) is 2.26. The first-order chi connectivity index (χ1) is 7.18. The van der Waals surface area contributed by atoms with E-state index in [4.69, 9.17) is 17.2 Å². The number of aromatic nitrogens is 2. The van der Waals surface area contributed by atoms with Crippen LogP contribution in [0.15, 0.2) is 30.3 Å². The molecule has 0 saturated heterocycles. The molecule has 5 nitrogen and oxygen atoms in total. The largest absolute Gasteiger partial charge is 0.393 e. The third-order valence-corrected chi connectivity index (χ3v) is 2.04. The SMILES string of the molecule is Nc1nc(-c2ccccc2)nc(N)c1N. The van der Waals surface area contributed by atoms with Crippen molar-refractivity contribution in [2.75, 3.05) is 17.2 Å². The van der Waals surface area contributed by atoms with Crippen LogP contribution in [0.3, 0.4) is 0 Å². The van der Waals surface area contributed by atoms with Crippen LogP contribution in [0, 0.1) is 0 Å². The van der Waals surface area contributed by atoms with E-state index in [9.17, 15) is 0 Å². The average molecular weight is 201 g/mol. The monoisotopic (exact) mass is 201 g/mol. The molecule has 0 bridgehead atoms. The molecular formula is C10H11N5. The fraction of sp³-hybridized carbons (Fsp3) is 0. The Balaban J connectivity index is 2.56. The molecule has 0 radical (unpaired) electrons. The van der Waals surface area contributed by atoms with Crippen LogP contribution >= 0.6 is 0 Å². The number of hydrogen-bond donors (Lipinski definition) is 3. The fourth-order valence-corrected chi connectivity index (χ4v) is 1.22. The van der Waals surface area contributed by atoms with Gasteiger partial charge in [-0.25, -0.2) is 9.97 Å². The first-order valence-electron chi connectivity index (χ1n) is 4.42. The predicted molar refractivity (Wildman–Crippen MR) is 60.7 cm³/mol. The number of nitrogens with two attached hydrogens (primary N) is 3. The molecule has 0 aliphatic carbocycles. The standard InChI is InChI=1S/C10H11N5/c11-7-8(12)14-10(15-9(7)13)6-4-2-1-3-5-6/h1-5H,11H2,(H4,12,13,14,15). The second-order valence-corrected chi connectivity index (χ2v) is 3.10. The molecule has 0 aliphatic heterocycles. The van der Waals surface area contributed by atoms with Gasteiger partial charge in [0.15, 0.2) is 17.5 Å². The van der Waals surface area contributed by atoms with Crippen LogP contribution < -0.4 is 17.2 Å². The van der Waals surface area contributed by atoms with E-state index in [-0.39, 0.29) is 17.3 Å². The summed E-state index contributed by atoms with van der Waals surface area (Å²) in [5.41, 5.74) is 17.8. The van der Waals surface area contributed by atoms with Crippen molar-refractivity contribution in [3.8, 4) is 11.4 Å². The maximum Gasteiger partial charge on any atom is 0.164 e. The molecule has 0 aliphatic rings. The Bertz CT molecular complexity index is 457. The highest BCUT2D eigenvalue weighted by Gasteiger charge is 2.07. The summed E-state index contributed by atoms with van der Waals surface area (Å²) in [4.78, 5) is 8.13. The van der Waals surface area contributed by atoms with Gasteiger partial charge in [0.2, 0.25) is 0 Å². The Kier molecular flexibility index (Phi) is 2.13. The zero-order valence-corrected chi connectivity index (χ0v) is 8.01. The van der Waals surface area contributed by atoms with Gasteiger partial charge in [-0.1, -0.05) is 30.3 Å². The minimum absolute atomic E-state index is 0.210. The summed E-state index contributed by atoms with van der Waals surface area (Å²) in [7, 11) is 0. The van der Waals surface area contributed by atoms with Gasteiger partial charge in [0.25, 0.3) is 0 Å². The Morgan fingerprint density at radius 2 is 1.33 bits per heavy atom. The van der Waals surface area contributed by atoms with Gasteiger partial charge in [-0.2, -0.15) is 0 Å². The molecule has 1 aromatic heterocycles. The van der Waals surface area contributed by atoms with Crippen LogP contribution in [0.1, 0.15) is 0 Å². The summed E-state index contributed by atoms with van der Waals surface area (Å²) in [5.74, 6) is 0.905. The molecule has 6 N–H and O–H groups in total. The Morgan fingerprint density at radius 1 is 0.800 bits per heavy atom. The van der Waals surface area contributed by atoms with Crippen molar-refractivity contribution in [3.63, 3.8) is 0 Å². The van der Waals surface area contributed by atoms with Crippen LogP contribution in [-0.4, -0.2) is 9.97 Å². The van der Waals surface area contributed by atoms with Crippen LogP contribution in [0.2, 0.25) is 0 Å². The summed E-state index contributed by atoms with van der Waals surface area (Å²) >= 11 is 0. The lowest BCUT2D eigenvalue weighted by Gasteiger charge is -2.05. The van der Waals surface area contributed by atoms with E-state index in [1.54, 1.807) is 0 Å². The number of rotatable bonds is 1. The lowest BCUT2D eigenvalue weighted by molar-refractivity contribution is 1.20. The molecule has 0 fully saturated rings. The van der Waals surface area contributed by atoms with Crippen molar-refractivity contribution < 1.29 is 0 Å². The van der Waals surface area contributed by atoms with E-state index in [0.717, 1.165) is 5.56 Å². The van der Waals surface area contributed by atoms with Gasteiger partial charge in [0, 0.05) is 5.56 Å².